The number of nitrogens with zero attached hydrogens (tertiary/aromatic N) is 1. The van der Waals surface area contributed by atoms with E-state index in [0.717, 1.165) is 0 Å². The zero-order chi connectivity index (χ0) is 13.6. The summed E-state index contributed by atoms with van der Waals surface area (Å²) < 4.78 is 31.5. The number of ether oxygens (including phenoxy) is 1. The quantitative estimate of drug-likeness (QED) is 0.895. The SMILES string of the molecule is CN1C(=O)COc2cc(NS(=O)(=O)C3CC3)ccc21. The van der Waals surface area contributed by atoms with Crippen molar-refractivity contribution in [1.29, 1.82) is 0 Å². The molecule has 19 heavy (non-hydrogen) atoms. The lowest BCUT2D eigenvalue weighted by molar-refractivity contribution is -0.120. The molecule has 7 heteroatoms. The van der Waals surface area contributed by atoms with Crippen LogP contribution in [-0.4, -0.2) is 33.2 Å². The summed E-state index contributed by atoms with van der Waals surface area (Å²) in [6, 6.07) is 4.92. The minimum Gasteiger partial charge on any atom is -0.481 e. The first kappa shape index (κ1) is 12.3. The van der Waals surface area contributed by atoms with Crippen LogP contribution in [0, 0.1) is 0 Å². The van der Waals surface area contributed by atoms with Crippen molar-refractivity contribution in [2.45, 2.75) is 18.1 Å². The van der Waals surface area contributed by atoms with E-state index in [-0.39, 0.29) is 17.8 Å². The summed E-state index contributed by atoms with van der Waals surface area (Å²) in [5.41, 5.74) is 1.11. The van der Waals surface area contributed by atoms with Crippen LogP contribution in [0.5, 0.6) is 5.75 Å². The van der Waals surface area contributed by atoms with E-state index in [2.05, 4.69) is 4.72 Å². The zero-order valence-electron chi connectivity index (χ0n) is 10.4. The van der Waals surface area contributed by atoms with Crippen molar-refractivity contribution < 1.29 is 17.9 Å². The molecule has 0 saturated heterocycles. The van der Waals surface area contributed by atoms with Gasteiger partial charge in [-0.25, -0.2) is 8.42 Å². The number of fused-ring (bicyclic) bond motifs is 1. The number of nitrogens with one attached hydrogen (secondary N) is 1. The number of likely N-dealkylation sites (N-methyl/N-ethyl adjacent to an activating group) is 1. The summed E-state index contributed by atoms with van der Waals surface area (Å²) in [5, 5.41) is -0.270. The number of rotatable bonds is 3. The van der Waals surface area contributed by atoms with Crippen LogP contribution < -0.4 is 14.4 Å². The zero-order valence-corrected chi connectivity index (χ0v) is 11.2. The molecule has 1 aliphatic carbocycles. The van der Waals surface area contributed by atoms with Gasteiger partial charge < -0.3 is 9.64 Å². The first-order valence-corrected chi connectivity index (χ1v) is 7.57. The molecule has 1 aromatic carbocycles. The maximum absolute atomic E-state index is 11.8. The molecule has 1 N–H and O–H groups in total. The lowest BCUT2D eigenvalue weighted by Gasteiger charge is -2.26. The van der Waals surface area contributed by atoms with Gasteiger partial charge in [0.2, 0.25) is 10.0 Å². The highest BCUT2D eigenvalue weighted by Crippen LogP contribution is 2.35. The van der Waals surface area contributed by atoms with Gasteiger partial charge >= 0.3 is 0 Å². The third-order valence-electron chi connectivity index (χ3n) is 3.27. The van der Waals surface area contributed by atoms with Gasteiger partial charge in [-0.2, -0.15) is 0 Å². The molecule has 0 radical (unpaired) electrons. The molecule has 1 fully saturated rings. The molecule has 1 aromatic rings. The van der Waals surface area contributed by atoms with E-state index in [4.69, 9.17) is 4.74 Å². The first-order valence-electron chi connectivity index (χ1n) is 6.02. The Morgan fingerprint density at radius 3 is 2.79 bits per heavy atom. The van der Waals surface area contributed by atoms with Crippen LogP contribution in [0.15, 0.2) is 18.2 Å². The molecule has 1 heterocycles. The van der Waals surface area contributed by atoms with E-state index in [9.17, 15) is 13.2 Å². The van der Waals surface area contributed by atoms with Crippen molar-refractivity contribution in [2.24, 2.45) is 0 Å². The summed E-state index contributed by atoms with van der Waals surface area (Å²) in [6.07, 6.45) is 1.43. The molecule has 1 saturated carbocycles. The molecule has 6 nitrogen and oxygen atoms in total. The lowest BCUT2D eigenvalue weighted by Crippen LogP contribution is -2.35. The number of anilines is 2. The molecule has 0 atom stereocenters. The lowest BCUT2D eigenvalue weighted by atomic mass is 10.2. The smallest absolute Gasteiger partial charge is 0.264 e. The molecular formula is C12H14N2O4S. The molecule has 102 valence electrons. The molecule has 0 unspecified atom stereocenters. The van der Waals surface area contributed by atoms with Crippen molar-refractivity contribution in [3.63, 3.8) is 0 Å². The topological polar surface area (TPSA) is 75.7 Å². The largest absolute Gasteiger partial charge is 0.481 e. The van der Waals surface area contributed by atoms with Gasteiger partial charge in [0.15, 0.2) is 6.61 Å². The molecular weight excluding hydrogens is 268 g/mol. The molecule has 0 spiro atoms. The number of hydrogen-bond acceptors (Lipinski definition) is 4. The fraction of sp³-hybridized carbons (Fsp3) is 0.417. The first-order chi connectivity index (χ1) is 8.97. The van der Waals surface area contributed by atoms with Gasteiger partial charge in [-0.3, -0.25) is 9.52 Å². The fourth-order valence-corrected chi connectivity index (χ4v) is 3.35. The molecule has 0 bridgehead atoms. The maximum Gasteiger partial charge on any atom is 0.264 e. The molecule has 3 rings (SSSR count). The van der Waals surface area contributed by atoms with Crippen LogP contribution in [0.2, 0.25) is 0 Å². The Labute approximate surface area is 111 Å². The predicted octanol–water partition coefficient (Wildman–Crippen LogP) is 0.946. The third kappa shape index (κ3) is 2.25. The van der Waals surface area contributed by atoms with E-state index in [1.165, 1.54) is 4.90 Å². The van der Waals surface area contributed by atoms with E-state index < -0.39 is 10.0 Å². The summed E-state index contributed by atoms with van der Waals surface area (Å²) in [7, 11) is -1.61. The fourth-order valence-electron chi connectivity index (χ4n) is 1.97. The van der Waals surface area contributed by atoms with Crippen LogP contribution >= 0.6 is 0 Å². The number of carbonyl (C=O) groups excluding carboxylic acids is 1. The van der Waals surface area contributed by atoms with Crippen molar-refractivity contribution >= 4 is 27.3 Å². The summed E-state index contributed by atoms with van der Waals surface area (Å²) in [5.74, 6) is 0.386. The van der Waals surface area contributed by atoms with Gasteiger partial charge in [-0.15, -0.1) is 0 Å². The summed E-state index contributed by atoms with van der Waals surface area (Å²) >= 11 is 0. The molecule has 1 aliphatic heterocycles. The Bertz CT molecular complexity index is 637. The van der Waals surface area contributed by atoms with Gasteiger partial charge in [-0.05, 0) is 25.0 Å². The van der Waals surface area contributed by atoms with Gasteiger partial charge in [0.25, 0.3) is 5.91 Å². The van der Waals surface area contributed by atoms with Gasteiger partial charge in [0, 0.05) is 13.1 Å². The van der Waals surface area contributed by atoms with Crippen LogP contribution in [0.4, 0.5) is 11.4 Å². The van der Waals surface area contributed by atoms with Crippen molar-refractivity contribution in [3.8, 4) is 5.75 Å². The average molecular weight is 282 g/mol. The molecule has 0 aromatic heterocycles. The Balaban J connectivity index is 1.88. The van der Waals surface area contributed by atoms with Crippen LogP contribution in [0.1, 0.15) is 12.8 Å². The van der Waals surface area contributed by atoms with Crippen LogP contribution in [0.25, 0.3) is 0 Å². The van der Waals surface area contributed by atoms with Crippen molar-refractivity contribution in [3.05, 3.63) is 18.2 Å². The minimum atomic E-state index is -3.28. The predicted molar refractivity (Wildman–Crippen MR) is 70.9 cm³/mol. The van der Waals surface area contributed by atoms with Gasteiger partial charge in [0.05, 0.1) is 16.6 Å². The Hall–Kier alpha value is -1.76. The van der Waals surface area contributed by atoms with E-state index in [1.807, 2.05) is 0 Å². The van der Waals surface area contributed by atoms with Crippen LogP contribution in [0.3, 0.4) is 0 Å². The Kier molecular flexibility index (Phi) is 2.67. The normalized spacial score (nSPS) is 18.8. The van der Waals surface area contributed by atoms with E-state index >= 15 is 0 Å². The second-order valence-electron chi connectivity index (χ2n) is 4.77. The third-order valence-corrected chi connectivity index (χ3v) is 5.14. The van der Waals surface area contributed by atoms with Gasteiger partial charge in [-0.1, -0.05) is 0 Å². The maximum atomic E-state index is 11.8. The average Bonchev–Trinajstić information content (AvgIpc) is 3.18. The van der Waals surface area contributed by atoms with E-state index in [1.54, 1.807) is 25.2 Å². The second kappa shape index (κ2) is 4.12. The monoisotopic (exact) mass is 282 g/mol. The van der Waals surface area contributed by atoms with E-state index in [0.29, 0.717) is 30.0 Å². The number of benzene rings is 1. The van der Waals surface area contributed by atoms with Gasteiger partial charge in [0.1, 0.15) is 5.75 Å². The Morgan fingerprint density at radius 2 is 2.11 bits per heavy atom. The minimum absolute atomic E-state index is 0.0255. The molecule has 2 aliphatic rings. The highest BCUT2D eigenvalue weighted by atomic mass is 32.2. The summed E-state index contributed by atoms with van der Waals surface area (Å²) in [6.45, 7) is -0.0255. The number of carbonyl (C=O) groups is 1. The number of hydrogen-bond donors (Lipinski definition) is 1. The standard InChI is InChI=1S/C12H14N2O4S/c1-14-10-5-2-8(6-11(10)18-7-12(14)15)13-19(16,17)9-3-4-9/h2,5-6,9,13H,3-4,7H2,1H3. The summed E-state index contributed by atoms with van der Waals surface area (Å²) in [4.78, 5) is 13.0. The van der Waals surface area contributed by atoms with Crippen molar-refractivity contribution in [2.75, 3.05) is 23.3 Å². The Morgan fingerprint density at radius 1 is 1.37 bits per heavy atom. The highest BCUT2D eigenvalue weighted by molar-refractivity contribution is 7.93. The number of sulfonamides is 1. The highest BCUT2D eigenvalue weighted by Gasteiger charge is 2.36. The second-order valence-corrected chi connectivity index (χ2v) is 6.73. The van der Waals surface area contributed by atoms with Crippen molar-refractivity contribution in [1.82, 2.24) is 0 Å². The molecule has 1 amide bonds. The van der Waals surface area contributed by atoms with Crippen LogP contribution in [-0.2, 0) is 14.8 Å². The number of amides is 1.